The van der Waals surface area contributed by atoms with E-state index in [9.17, 15) is 9.18 Å². The minimum atomic E-state index is -0.338. The topological polar surface area (TPSA) is 34.4 Å². The Morgan fingerprint density at radius 1 is 1.10 bits per heavy atom. The molecule has 0 bridgehead atoms. The molecule has 2 aromatic carbocycles. The SMILES string of the molecule is O=c1c2ccccc2nc2c3cc(Br)c(F)cc3ccn12. The van der Waals surface area contributed by atoms with Gasteiger partial charge in [0.2, 0.25) is 0 Å². The van der Waals surface area contributed by atoms with Gasteiger partial charge in [-0.3, -0.25) is 9.20 Å². The molecule has 0 aliphatic rings. The van der Waals surface area contributed by atoms with E-state index >= 15 is 0 Å². The van der Waals surface area contributed by atoms with Crippen LogP contribution in [0.1, 0.15) is 0 Å². The predicted octanol–water partition coefficient (Wildman–Crippen LogP) is 3.90. The zero-order valence-electron chi connectivity index (χ0n) is 10.7. The van der Waals surface area contributed by atoms with Gasteiger partial charge in [0.25, 0.3) is 5.56 Å². The summed E-state index contributed by atoms with van der Waals surface area (Å²) in [5, 5.41) is 2.00. The molecule has 2 heterocycles. The van der Waals surface area contributed by atoms with E-state index in [0.29, 0.717) is 26.4 Å². The van der Waals surface area contributed by atoms with Gasteiger partial charge < -0.3 is 0 Å². The maximum Gasteiger partial charge on any atom is 0.265 e. The van der Waals surface area contributed by atoms with Crippen molar-refractivity contribution in [3.8, 4) is 0 Å². The molecule has 0 fully saturated rings. The maximum absolute atomic E-state index is 13.6. The van der Waals surface area contributed by atoms with E-state index in [-0.39, 0.29) is 11.4 Å². The van der Waals surface area contributed by atoms with Crippen LogP contribution in [0.5, 0.6) is 0 Å². The van der Waals surface area contributed by atoms with Crippen molar-refractivity contribution in [3.05, 3.63) is 69.3 Å². The highest BCUT2D eigenvalue weighted by Gasteiger charge is 2.10. The van der Waals surface area contributed by atoms with Crippen molar-refractivity contribution in [2.24, 2.45) is 0 Å². The third kappa shape index (κ3) is 1.77. The number of halogens is 2. The second kappa shape index (κ2) is 4.36. The number of pyridine rings is 1. The van der Waals surface area contributed by atoms with E-state index in [0.717, 1.165) is 5.39 Å². The van der Waals surface area contributed by atoms with Crippen LogP contribution in [0, 0.1) is 5.82 Å². The molecule has 0 aliphatic carbocycles. The summed E-state index contributed by atoms with van der Waals surface area (Å²) in [6.07, 6.45) is 1.63. The number of para-hydroxylation sites is 1. The minimum Gasteiger partial charge on any atom is -0.268 e. The lowest BCUT2D eigenvalue weighted by Crippen LogP contribution is -2.15. The van der Waals surface area contributed by atoms with Crippen LogP contribution in [-0.2, 0) is 0 Å². The van der Waals surface area contributed by atoms with Gasteiger partial charge in [-0.05, 0) is 51.6 Å². The lowest BCUT2D eigenvalue weighted by Gasteiger charge is -2.07. The number of nitrogens with zero attached hydrogens (tertiary/aromatic N) is 2. The van der Waals surface area contributed by atoms with E-state index in [4.69, 9.17) is 0 Å². The highest BCUT2D eigenvalue weighted by atomic mass is 79.9. The molecule has 102 valence electrons. The Bertz CT molecular complexity index is 1090. The van der Waals surface area contributed by atoms with E-state index < -0.39 is 0 Å². The van der Waals surface area contributed by atoms with Crippen LogP contribution >= 0.6 is 15.9 Å². The van der Waals surface area contributed by atoms with Crippen LogP contribution in [-0.4, -0.2) is 9.38 Å². The monoisotopic (exact) mass is 342 g/mol. The van der Waals surface area contributed by atoms with Crippen molar-refractivity contribution in [1.82, 2.24) is 9.38 Å². The third-order valence-electron chi connectivity index (χ3n) is 3.54. The summed E-state index contributed by atoms with van der Waals surface area (Å²) in [5.41, 5.74) is 1.03. The number of fused-ring (bicyclic) bond motifs is 4. The Morgan fingerprint density at radius 3 is 2.76 bits per heavy atom. The number of rotatable bonds is 0. The smallest absolute Gasteiger partial charge is 0.265 e. The van der Waals surface area contributed by atoms with Crippen molar-refractivity contribution in [2.75, 3.05) is 0 Å². The second-order valence-electron chi connectivity index (χ2n) is 4.80. The molecule has 2 aromatic heterocycles. The summed E-state index contributed by atoms with van der Waals surface area (Å²) in [6.45, 7) is 0. The van der Waals surface area contributed by atoms with E-state index in [1.54, 1.807) is 30.5 Å². The highest BCUT2D eigenvalue weighted by Crippen LogP contribution is 2.26. The van der Waals surface area contributed by atoms with Gasteiger partial charge in [-0.25, -0.2) is 9.37 Å². The Hall–Kier alpha value is -2.27. The van der Waals surface area contributed by atoms with Gasteiger partial charge in [0.15, 0.2) is 0 Å². The van der Waals surface area contributed by atoms with Gasteiger partial charge in [-0.1, -0.05) is 12.1 Å². The first-order chi connectivity index (χ1) is 10.1. The number of benzene rings is 2. The molecule has 4 aromatic rings. The molecule has 0 N–H and O–H groups in total. The highest BCUT2D eigenvalue weighted by molar-refractivity contribution is 9.10. The van der Waals surface area contributed by atoms with Gasteiger partial charge in [-0.2, -0.15) is 0 Å². The number of aromatic nitrogens is 2. The largest absolute Gasteiger partial charge is 0.268 e. The molecule has 0 amide bonds. The first-order valence-corrected chi connectivity index (χ1v) is 7.13. The molecule has 0 saturated carbocycles. The summed E-state index contributed by atoms with van der Waals surface area (Å²) in [7, 11) is 0. The van der Waals surface area contributed by atoms with Crippen LogP contribution in [0.25, 0.3) is 27.3 Å². The normalized spacial score (nSPS) is 11.5. The molecule has 0 atom stereocenters. The van der Waals surface area contributed by atoms with Crippen molar-refractivity contribution in [2.45, 2.75) is 0 Å². The van der Waals surface area contributed by atoms with Gasteiger partial charge in [0.05, 0.1) is 15.4 Å². The lowest BCUT2D eigenvalue weighted by molar-refractivity contribution is 0.623. The molecular formula is C16H8BrFN2O. The van der Waals surface area contributed by atoms with E-state index in [1.807, 2.05) is 12.1 Å². The zero-order valence-corrected chi connectivity index (χ0v) is 12.3. The van der Waals surface area contributed by atoms with Crippen molar-refractivity contribution >= 4 is 43.3 Å². The molecule has 21 heavy (non-hydrogen) atoms. The Balaban J connectivity index is 2.30. The van der Waals surface area contributed by atoms with Gasteiger partial charge in [0.1, 0.15) is 11.5 Å². The Kier molecular flexibility index (Phi) is 2.59. The molecule has 0 aliphatic heterocycles. The van der Waals surface area contributed by atoms with Crippen LogP contribution in [0.4, 0.5) is 4.39 Å². The molecule has 0 saturated heterocycles. The van der Waals surface area contributed by atoms with Crippen LogP contribution in [0.15, 0.2) is 57.9 Å². The fraction of sp³-hybridized carbons (Fsp3) is 0. The fourth-order valence-corrected chi connectivity index (χ4v) is 2.87. The summed E-state index contributed by atoms with van der Waals surface area (Å²) in [5.74, 6) is -0.338. The first-order valence-electron chi connectivity index (χ1n) is 6.34. The van der Waals surface area contributed by atoms with Gasteiger partial charge in [0, 0.05) is 11.6 Å². The number of hydrogen-bond donors (Lipinski definition) is 0. The van der Waals surface area contributed by atoms with Gasteiger partial charge >= 0.3 is 0 Å². The third-order valence-corrected chi connectivity index (χ3v) is 4.15. The van der Waals surface area contributed by atoms with Crippen molar-refractivity contribution in [1.29, 1.82) is 0 Å². The summed E-state index contributed by atoms with van der Waals surface area (Å²) >= 11 is 3.18. The second-order valence-corrected chi connectivity index (χ2v) is 5.65. The quantitative estimate of drug-likeness (QED) is 0.358. The van der Waals surface area contributed by atoms with Crippen LogP contribution < -0.4 is 5.56 Å². The first kappa shape index (κ1) is 12.5. The standard InChI is InChI=1S/C16H8BrFN2O/c17-12-8-11-9(7-13(12)18)5-6-20-15(11)19-14-4-2-1-3-10(14)16(20)21/h1-8H. The summed E-state index contributed by atoms with van der Waals surface area (Å²) in [6, 6.07) is 12.0. The zero-order chi connectivity index (χ0) is 14.6. The Labute approximate surface area is 126 Å². The summed E-state index contributed by atoms with van der Waals surface area (Å²) < 4.78 is 15.5. The maximum atomic E-state index is 13.6. The van der Waals surface area contributed by atoms with Crippen LogP contribution in [0.3, 0.4) is 0 Å². The molecule has 4 rings (SSSR count). The van der Waals surface area contributed by atoms with Crippen LogP contribution in [0.2, 0.25) is 0 Å². The molecule has 0 unspecified atom stereocenters. The van der Waals surface area contributed by atoms with Crippen molar-refractivity contribution in [3.63, 3.8) is 0 Å². The molecule has 0 radical (unpaired) electrons. The predicted molar refractivity (Wildman–Crippen MR) is 84.1 cm³/mol. The number of hydrogen-bond acceptors (Lipinski definition) is 2. The molecular weight excluding hydrogens is 335 g/mol. The summed E-state index contributed by atoms with van der Waals surface area (Å²) in [4.78, 5) is 17.1. The molecule has 5 heteroatoms. The van der Waals surface area contributed by atoms with Gasteiger partial charge in [-0.15, -0.1) is 0 Å². The molecule has 0 spiro atoms. The molecule has 3 nitrogen and oxygen atoms in total. The lowest BCUT2D eigenvalue weighted by atomic mass is 10.1. The van der Waals surface area contributed by atoms with Crippen molar-refractivity contribution < 1.29 is 4.39 Å². The average molecular weight is 343 g/mol. The average Bonchev–Trinajstić information content (AvgIpc) is 2.49. The Morgan fingerprint density at radius 2 is 1.90 bits per heavy atom. The minimum absolute atomic E-state index is 0.127. The van der Waals surface area contributed by atoms with E-state index in [1.165, 1.54) is 10.5 Å². The fourth-order valence-electron chi connectivity index (χ4n) is 2.52. The van der Waals surface area contributed by atoms with E-state index in [2.05, 4.69) is 20.9 Å².